The van der Waals surface area contributed by atoms with Gasteiger partial charge in [-0.1, -0.05) is 0 Å². The van der Waals surface area contributed by atoms with Crippen molar-refractivity contribution in [3.8, 4) is 0 Å². The Bertz CT molecular complexity index is 884. The number of morpholine rings is 1. The van der Waals surface area contributed by atoms with Gasteiger partial charge in [0.2, 0.25) is 0 Å². The van der Waals surface area contributed by atoms with Gasteiger partial charge in [-0.2, -0.15) is 5.10 Å². The van der Waals surface area contributed by atoms with E-state index in [0.717, 1.165) is 66.8 Å². The van der Waals surface area contributed by atoms with Crippen molar-refractivity contribution in [1.29, 1.82) is 0 Å². The molecule has 0 aliphatic carbocycles. The average molecular weight is 338 g/mol. The Hall–Kier alpha value is -2.64. The van der Waals surface area contributed by atoms with Gasteiger partial charge < -0.3 is 15.8 Å². The molecule has 1 aliphatic heterocycles. The molecule has 0 unspecified atom stereocenters. The van der Waals surface area contributed by atoms with Crippen LogP contribution in [0.2, 0.25) is 0 Å². The molecule has 130 valence electrons. The Kier molecular flexibility index (Phi) is 4.25. The molecule has 3 heterocycles. The number of fused-ring (bicyclic) bond motifs is 1. The second-order valence-corrected chi connectivity index (χ2v) is 6.32. The fourth-order valence-electron chi connectivity index (χ4n) is 3.08. The zero-order valence-electron chi connectivity index (χ0n) is 14.3. The molecule has 1 saturated heterocycles. The van der Waals surface area contributed by atoms with E-state index in [1.807, 2.05) is 29.6 Å². The summed E-state index contributed by atoms with van der Waals surface area (Å²) < 4.78 is 7.37. The van der Waals surface area contributed by atoms with Crippen LogP contribution in [0.1, 0.15) is 11.3 Å². The third-order valence-corrected chi connectivity index (χ3v) is 4.55. The predicted molar refractivity (Wildman–Crippen MR) is 98.0 cm³/mol. The van der Waals surface area contributed by atoms with E-state index in [1.54, 1.807) is 6.33 Å². The van der Waals surface area contributed by atoms with Gasteiger partial charge in [0.05, 0.1) is 18.9 Å². The van der Waals surface area contributed by atoms with Gasteiger partial charge in [-0.05, 0) is 42.8 Å². The van der Waals surface area contributed by atoms with Crippen LogP contribution in [-0.4, -0.2) is 45.8 Å². The lowest BCUT2D eigenvalue weighted by molar-refractivity contribution is 0.0334. The number of nitrogens with two attached hydrogens (primary N) is 1. The van der Waals surface area contributed by atoms with Crippen LogP contribution in [0.25, 0.3) is 5.52 Å². The highest BCUT2D eigenvalue weighted by Gasteiger charge is 2.14. The molecule has 7 nitrogen and oxygen atoms in total. The van der Waals surface area contributed by atoms with Crippen LogP contribution in [-0.2, 0) is 11.3 Å². The van der Waals surface area contributed by atoms with Crippen LogP contribution in [0.5, 0.6) is 0 Å². The van der Waals surface area contributed by atoms with E-state index in [0.29, 0.717) is 0 Å². The fraction of sp³-hybridized carbons (Fsp3) is 0.333. The highest BCUT2D eigenvalue weighted by molar-refractivity contribution is 5.74. The molecule has 0 radical (unpaired) electrons. The third kappa shape index (κ3) is 3.29. The first-order chi connectivity index (χ1) is 12.2. The molecule has 3 N–H and O–H groups in total. The average Bonchev–Trinajstić information content (AvgIpc) is 3.03. The Morgan fingerprint density at radius 1 is 1.20 bits per heavy atom. The Labute approximate surface area is 146 Å². The third-order valence-electron chi connectivity index (χ3n) is 4.55. The number of ether oxygens (including phenoxy) is 1. The van der Waals surface area contributed by atoms with Gasteiger partial charge in [0.25, 0.3) is 0 Å². The predicted octanol–water partition coefficient (Wildman–Crippen LogP) is 2.20. The second kappa shape index (κ2) is 6.70. The van der Waals surface area contributed by atoms with E-state index in [4.69, 9.17) is 10.5 Å². The summed E-state index contributed by atoms with van der Waals surface area (Å²) in [6.45, 7) is 6.34. The van der Waals surface area contributed by atoms with Crippen molar-refractivity contribution in [2.24, 2.45) is 0 Å². The number of nitrogens with one attached hydrogen (secondary N) is 1. The zero-order chi connectivity index (χ0) is 17.2. The van der Waals surface area contributed by atoms with Crippen LogP contribution in [0.4, 0.5) is 17.2 Å². The lowest BCUT2D eigenvalue weighted by atomic mass is 10.2. The molecule has 0 amide bonds. The maximum atomic E-state index is 5.89. The standard InChI is InChI=1S/C18H22N6O/c1-13-10-14(2-4-16(13)19)22-18-17-5-3-15(24(17)21-12-20-18)11-23-6-8-25-9-7-23/h2-5,10,12H,6-9,11,19H2,1H3,(H,20,21,22). The molecule has 2 aromatic heterocycles. The van der Waals surface area contributed by atoms with Gasteiger partial charge in [-0.15, -0.1) is 0 Å². The van der Waals surface area contributed by atoms with Gasteiger partial charge in [0.1, 0.15) is 11.8 Å². The lowest BCUT2D eigenvalue weighted by Gasteiger charge is -2.26. The number of benzene rings is 1. The minimum Gasteiger partial charge on any atom is -0.399 e. The fourth-order valence-corrected chi connectivity index (χ4v) is 3.08. The SMILES string of the molecule is Cc1cc(Nc2ncnn3c(CN4CCOCC4)ccc23)ccc1N. The molecule has 0 bridgehead atoms. The smallest absolute Gasteiger partial charge is 0.158 e. The van der Waals surface area contributed by atoms with Crippen LogP contribution in [0.15, 0.2) is 36.7 Å². The number of aromatic nitrogens is 3. The number of nitrogen functional groups attached to an aromatic ring is 1. The maximum absolute atomic E-state index is 5.89. The van der Waals surface area contributed by atoms with Crippen LogP contribution in [0.3, 0.4) is 0 Å². The van der Waals surface area contributed by atoms with Gasteiger partial charge >= 0.3 is 0 Å². The summed E-state index contributed by atoms with van der Waals surface area (Å²) in [5.41, 5.74) is 10.8. The van der Waals surface area contributed by atoms with Crippen molar-refractivity contribution in [3.63, 3.8) is 0 Å². The number of anilines is 3. The van der Waals surface area contributed by atoms with Gasteiger partial charge in [-0.3, -0.25) is 4.90 Å². The number of rotatable bonds is 4. The minimum atomic E-state index is 0.785. The molecule has 4 rings (SSSR count). The molecule has 1 aliphatic rings. The normalized spacial score (nSPS) is 15.6. The topological polar surface area (TPSA) is 80.7 Å². The van der Waals surface area contributed by atoms with Crippen molar-refractivity contribution in [3.05, 3.63) is 47.9 Å². The zero-order valence-corrected chi connectivity index (χ0v) is 14.3. The Morgan fingerprint density at radius 2 is 2.04 bits per heavy atom. The maximum Gasteiger partial charge on any atom is 0.158 e. The first-order valence-corrected chi connectivity index (χ1v) is 8.45. The van der Waals surface area contributed by atoms with E-state index in [1.165, 1.54) is 0 Å². The number of nitrogens with zero attached hydrogens (tertiary/aromatic N) is 4. The molecule has 0 atom stereocenters. The van der Waals surface area contributed by atoms with Crippen molar-refractivity contribution in [2.75, 3.05) is 37.4 Å². The largest absolute Gasteiger partial charge is 0.399 e. The van der Waals surface area contributed by atoms with Gasteiger partial charge in [-0.25, -0.2) is 9.50 Å². The quantitative estimate of drug-likeness (QED) is 0.710. The summed E-state index contributed by atoms with van der Waals surface area (Å²) in [6.07, 6.45) is 1.59. The first kappa shape index (κ1) is 15.9. The molecule has 0 saturated carbocycles. The summed E-state index contributed by atoms with van der Waals surface area (Å²) in [5, 5.41) is 7.80. The summed E-state index contributed by atoms with van der Waals surface area (Å²) in [7, 11) is 0. The molecule has 1 aromatic carbocycles. The number of aryl methyl sites for hydroxylation is 1. The molecule has 7 heteroatoms. The minimum absolute atomic E-state index is 0.785. The van der Waals surface area contributed by atoms with Crippen molar-refractivity contribution >= 4 is 22.7 Å². The van der Waals surface area contributed by atoms with Crippen LogP contribution in [0, 0.1) is 6.92 Å². The second-order valence-electron chi connectivity index (χ2n) is 6.32. The summed E-state index contributed by atoms with van der Waals surface area (Å²) in [5.74, 6) is 0.785. The van der Waals surface area contributed by atoms with E-state index in [-0.39, 0.29) is 0 Å². The molecule has 3 aromatic rings. The van der Waals surface area contributed by atoms with Crippen molar-refractivity contribution in [2.45, 2.75) is 13.5 Å². The van der Waals surface area contributed by atoms with Crippen molar-refractivity contribution < 1.29 is 4.74 Å². The number of hydrogen-bond acceptors (Lipinski definition) is 6. The summed E-state index contributed by atoms with van der Waals surface area (Å²) in [4.78, 5) is 6.79. The molecule has 1 fully saturated rings. The van der Waals surface area contributed by atoms with Crippen molar-refractivity contribution in [1.82, 2.24) is 19.5 Å². The molecule has 0 spiro atoms. The monoisotopic (exact) mass is 338 g/mol. The summed E-state index contributed by atoms with van der Waals surface area (Å²) in [6, 6.07) is 10.0. The van der Waals surface area contributed by atoms with E-state index in [2.05, 4.69) is 32.4 Å². The highest BCUT2D eigenvalue weighted by Crippen LogP contribution is 2.23. The van der Waals surface area contributed by atoms with E-state index >= 15 is 0 Å². The Morgan fingerprint density at radius 3 is 2.84 bits per heavy atom. The van der Waals surface area contributed by atoms with Gasteiger partial charge in [0, 0.05) is 31.0 Å². The van der Waals surface area contributed by atoms with E-state index in [9.17, 15) is 0 Å². The first-order valence-electron chi connectivity index (χ1n) is 8.45. The highest BCUT2D eigenvalue weighted by atomic mass is 16.5. The Balaban J connectivity index is 1.60. The van der Waals surface area contributed by atoms with Crippen LogP contribution < -0.4 is 11.1 Å². The molecule has 25 heavy (non-hydrogen) atoms. The number of hydrogen-bond donors (Lipinski definition) is 2. The summed E-state index contributed by atoms with van der Waals surface area (Å²) >= 11 is 0. The van der Waals surface area contributed by atoms with Gasteiger partial charge in [0.15, 0.2) is 5.82 Å². The lowest BCUT2D eigenvalue weighted by Crippen LogP contribution is -2.36. The molecular weight excluding hydrogens is 316 g/mol. The van der Waals surface area contributed by atoms with Crippen LogP contribution >= 0.6 is 0 Å². The van der Waals surface area contributed by atoms with E-state index < -0.39 is 0 Å². The molecular formula is C18H22N6O.